The fourth-order valence-corrected chi connectivity index (χ4v) is 3.82. The third-order valence-corrected chi connectivity index (χ3v) is 5.01. The van der Waals surface area contributed by atoms with Crippen LogP contribution in [0.2, 0.25) is 0 Å². The number of rotatable bonds is 5. The van der Waals surface area contributed by atoms with Crippen LogP contribution >= 0.6 is 0 Å². The molecule has 2 rings (SSSR count). The van der Waals surface area contributed by atoms with E-state index in [0.717, 1.165) is 36.7 Å². The zero-order chi connectivity index (χ0) is 17.6. The molecule has 0 aromatic heterocycles. The van der Waals surface area contributed by atoms with Crippen LogP contribution in [0.5, 0.6) is 0 Å². The normalized spacial score (nSPS) is 19.4. The summed E-state index contributed by atoms with van der Waals surface area (Å²) < 4.78 is 22.7. The van der Waals surface area contributed by atoms with Crippen LogP contribution in [0.3, 0.4) is 0 Å². The van der Waals surface area contributed by atoms with Crippen molar-refractivity contribution < 1.29 is 8.42 Å². The molecule has 1 atom stereocenters. The van der Waals surface area contributed by atoms with E-state index < -0.39 is 9.84 Å². The van der Waals surface area contributed by atoms with Gasteiger partial charge in [-0.1, -0.05) is 31.2 Å². The van der Waals surface area contributed by atoms with Crippen molar-refractivity contribution >= 4 is 15.8 Å². The number of nitrogens with zero attached hydrogens (tertiary/aromatic N) is 2. The van der Waals surface area contributed by atoms with Crippen LogP contribution in [0.15, 0.2) is 29.3 Å². The van der Waals surface area contributed by atoms with Crippen molar-refractivity contribution in [2.24, 2.45) is 10.9 Å². The van der Waals surface area contributed by atoms with Gasteiger partial charge in [0.25, 0.3) is 0 Å². The van der Waals surface area contributed by atoms with E-state index in [0.29, 0.717) is 12.5 Å². The number of nitrogens with one attached hydrogen (secondary N) is 1. The third-order valence-electron chi connectivity index (χ3n) is 4.15. The molecule has 1 aromatic rings. The minimum Gasteiger partial charge on any atom is -0.357 e. The summed E-state index contributed by atoms with van der Waals surface area (Å²) in [5.74, 6) is 1.77. The van der Waals surface area contributed by atoms with E-state index in [1.54, 1.807) is 0 Å². The molecule has 24 heavy (non-hydrogen) atoms. The van der Waals surface area contributed by atoms with Gasteiger partial charge in [0, 0.05) is 25.9 Å². The second-order valence-corrected chi connectivity index (χ2v) is 8.89. The lowest BCUT2D eigenvalue weighted by Crippen LogP contribution is -2.46. The molecule has 0 saturated carbocycles. The van der Waals surface area contributed by atoms with Gasteiger partial charge >= 0.3 is 0 Å². The third kappa shape index (κ3) is 6.15. The van der Waals surface area contributed by atoms with Crippen molar-refractivity contribution in [1.82, 2.24) is 10.2 Å². The summed E-state index contributed by atoms with van der Waals surface area (Å²) in [7, 11) is -2.99. The van der Waals surface area contributed by atoms with Gasteiger partial charge in [0.15, 0.2) is 15.8 Å². The molecule has 6 heteroatoms. The Morgan fingerprint density at radius 1 is 1.29 bits per heavy atom. The van der Waals surface area contributed by atoms with Crippen molar-refractivity contribution in [3.05, 3.63) is 35.4 Å². The van der Waals surface area contributed by atoms with E-state index in [1.807, 2.05) is 24.3 Å². The highest BCUT2D eigenvalue weighted by Crippen LogP contribution is 2.16. The van der Waals surface area contributed by atoms with Gasteiger partial charge in [-0.05, 0) is 36.8 Å². The predicted octanol–water partition coefficient (Wildman–Crippen LogP) is 2.43. The summed E-state index contributed by atoms with van der Waals surface area (Å²) in [5, 5.41) is 3.38. The van der Waals surface area contributed by atoms with E-state index in [-0.39, 0.29) is 5.75 Å². The number of hydrogen-bond acceptors (Lipinski definition) is 3. The lowest BCUT2D eigenvalue weighted by molar-refractivity contribution is 0.266. The van der Waals surface area contributed by atoms with Gasteiger partial charge in [0.2, 0.25) is 0 Å². The number of benzene rings is 1. The van der Waals surface area contributed by atoms with Crippen molar-refractivity contribution in [1.29, 1.82) is 0 Å². The Morgan fingerprint density at radius 2 is 1.96 bits per heavy atom. The van der Waals surface area contributed by atoms with Gasteiger partial charge in [0.05, 0.1) is 12.3 Å². The van der Waals surface area contributed by atoms with Crippen LogP contribution in [-0.2, 0) is 22.1 Å². The maximum Gasteiger partial charge on any atom is 0.194 e. The first kappa shape index (κ1) is 18.8. The van der Waals surface area contributed by atoms with E-state index in [4.69, 9.17) is 4.99 Å². The van der Waals surface area contributed by atoms with Crippen LogP contribution in [0.1, 0.15) is 37.8 Å². The minimum atomic E-state index is -2.99. The van der Waals surface area contributed by atoms with Crippen molar-refractivity contribution in [3.63, 3.8) is 0 Å². The zero-order valence-electron chi connectivity index (χ0n) is 15.0. The Balaban J connectivity index is 2.02. The first-order valence-electron chi connectivity index (χ1n) is 8.66. The Bertz CT molecular complexity index is 653. The monoisotopic (exact) mass is 351 g/mol. The van der Waals surface area contributed by atoms with Crippen LogP contribution in [0.4, 0.5) is 0 Å². The summed E-state index contributed by atoms with van der Waals surface area (Å²) in [6.07, 6.45) is 3.76. The smallest absolute Gasteiger partial charge is 0.194 e. The molecule has 0 radical (unpaired) electrons. The predicted molar refractivity (Wildman–Crippen MR) is 99.8 cm³/mol. The number of guanidine groups is 1. The average Bonchev–Trinajstić information content (AvgIpc) is 2.51. The summed E-state index contributed by atoms with van der Waals surface area (Å²) in [4.78, 5) is 7.10. The Morgan fingerprint density at radius 3 is 2.54 bits per heavy atom. The number of sulfone groups is 1. The summed E-state index contributed by atoms with van der Waals surface area (Å²) >= 11 is 0. The van der Waals surface area contributed by atoms with Gasteiger partial charge < -0.3 is 10.2 Å². The summed E-state index contributed by atoms with van der Waals surface area (Å²) in [6.45, 7) is 7.95. The number of piperidine rings is 1. The largest absolute Gasteiger partial charge is 0.357 e. The van der Waals surface area contributed by atoms with E-state index >= 15 is 0 Å². The molecule has 0 spiro atoms. The second kappa shape index (κ2) is 8.51. The molecule has 0 bridgehead atoms. The molecule has 0 aliphatic carbocycles. The number of likely N-dealkylation sites (tertiary alicyclic amines) is 1. The van der Waals surface area contributed by atoms with E-state index in [1.165, 1.54) is 19.1 Å². The van der Waals surface area contributed by atoms with Gasteiger partial charge in [-0.3, -0.25) is 0 Å². The molecular formula is C18H29N3O2S. The van der Waals surface area contributed by atoms with Crippen LogP contribution in [-0.4, -0.2) is 45.2 Å². The quantitative estimate of drug-likeness (QED) is 0.654. The molecule has 1 aliphatic heterocycles. The first-order valence-corrected chi connectivity index (χ1v) is 10.7. The Kier molecular flexibility index (Phi) is 6.66. The average molecular weight is 352 g/mol. The van der Waals surface area contributed by atoms with Crippen LogP contribution < -0.4 is 5.32 Å². The highest BCUT2D eigenvalue weighted by molar-refractivity contribution is 7.89. The molecule has 5 nitrogen and oxygen atoms in total. The molecule has 1 saturated heterocycles. The van der Waals surface area contributed by atoms with Crippen molar-refractivity contribution in [3.8, 4) is 0 Å². The molecule has 1 unspecified atom stereocenters. The van der Waals surface area contributed by atoms with Crippen molar-refractivity contribution in [2.75, 3.05) is 25.9 Å². The molecular weight excluding hydrogens is 322 g/mol. The maximum absolute atomic E-state index is 11.3. The van der Waals surface area contributed by atoms with E-state index in [9.17, 15) is 8.42 Å². The Hall–Kier alpha value is -1.56. The summed E-state index contributed by atoms with van der Waals surface area (Å²) in [5.41, 5.74) is 1.91. The maximum atomic E-state index is 11.3. The lowest BCUT2D eigenvalue weighted by atomic mass is 10.0. The van der Waals surface area contributed by atoms with Gasteiger partial charge in [-0.25, -0.2) is 13.4 Å². The highest BCUT2D eigenvalue weighted by atomic mass is 32.2. The number of aliphatic imine (C=N–C) groups is 1. The second-order valence-electron chi connectivity index (χ2n) is 6.75. The van der Waals surface area contributed by atoms with Gasteiger partial charge in [-0.2, -0.15) is 0 Å². The number of hydrogen-bond donors (Lipinski definition) is 1. The molecule has 1 aliphatic rings. The molecule has 1 heterocycles. The molecule has 134 valence electrons. The van der Waals surface area contributed by atoms with Crippen molar-refractivity contribution in [2.45, 2.75) is 39.0 Å². The lowest BCUT2D eigenvalue weighted by Gasteiger charge is -2.33. The molecule has 1 fully saturated rings. The fraction of sp³-hybridized carbons (Fsp3) is 0.611. The van der Waals surface area contributed by atoms with Gasteiger partial charge in [0.1, 0.15) is 0 Å². The van der Waals surface area contributed by atoms with E-state index in [2.05, 4.69) is 24.1 Å². The van der Waals surface area contributed by atoms with Gasteiger partial charge in [-0.15, -0.1) is 0 Å². The van der Waals surface area contributed by atoms with Crippen LogP contribution in [0, 0.1) is 5.92 Å². The van der Waals surface area contributed by atoms with Crippen LogP contribution in [0.25, 0.3) is 0 Å². The fourth-order valence-electron chi connectivity index (χ4n) is 3.02. The first-order chi connectivity index (χ1) is 11.4. The zero-order valence-corrected chi connectivity index (χ0v) is 15.8. The molecule has 1 aromatic carbocycles. The SMILES string of the molecule is CCNC(=NCc1ccc(CS(C)(=O)=O)cc1)N1CCCC(C)C1. The minimum absolute atomic E-state index is 0.0881. The molecule has 1 N–H and O–H groups in total. The highest BCUT2D eigenvalue weighted by Gasteiger charge is 2.18. The molecule has 0 amide bonds. The standard InChI is InChI=1S/C18H29N3O2S/c1-4-19-18(21-11-5-6-15(2)13-21)20-12-16-7-9-17(10-8-16)14-24(3,22)23/h7-10,15H,4-6,11-14H2,1-3H3,(H,19,20). The topological polar surface area (TPSA) is 61.8 Å². The Labute approximate surface area is 146 Å². The summed E-state index contributed by atoms with van der Waals surface area (Å²) in [6, 6.07) is 7.68.